The SMILES string of the molecule is COc1ccc(F)cc1-c1ccnc2[nH]c(C3=CCN(C(=O)N(C)C)CC3)cc12. The number of ether oxygens (including phenoxy) is 1. The quantitative estimate of drug-likeness (QED) is 0.726. The summed E-state index contributed by atoms with van der Waals surface area (Å²) in [6.07, 6.45) is 4.53. The number of nitrogens with one attached hydrogen (secondary N) is 1. The zero-order valence-corrected chi connectivity index (χ0v) is 16.7. The van der Waals surface area contributed by atoms with Crippen LogP contribution in [0.1, 0.15) is 12.1 Å². The fourth-order valence-electron chi connectivity index (χ4n) is 3.70. The topological polar surface area (TPSA) is 61.5 Å². The van der Waals surface area contributed by atoms with E-state index in [9.17, 15) is 9.18 Å². The number of carbonyl (C=O) groups is 1. The van der Waals surface area contributed by atoms with E-state index in [4.69, 9.17) is 4.74 Å². The minimum Gasteiger partial charge on any atom is -0.496 e. The number of halogens is 1. The summed E-state index contributed by atoms with van der Waals surface area (Å²) in [6.45, 7) is 1.23. The summed E-state index contributed by atoms with van der Waals surface area (Å²) in [4.78, 5) is 23.3. The van der Waals surface area contributed by atoms with Crippen LogP contribution in [0.5, 0.6) is 5.75 Å². The van der Waals surface area contributed by atoms with Crippen LogP contribution >= 0.6 is 0 Å². The molecule has 0 bridgehead atoms. The van der Waals surface area contributed by atoms with Gasteiger partial charge in [0.25, 0.3) is 0 Å². The predicted molar refractivity (Wildman–Crippen MR) is 111 cm³/mol. The smallest absolute Gasteiger partial charge is 0.319 e. The van der Waals surface area contributed by atoms with Gasteiger partial charge in [-0.15, -0.1) is 0 Å². The molecular weight excluding hydrogens is 371 g/mol. The van der Waals surface area contributed by atoms with Crippen molar-refractivity contribution >= 4 is 22.6 Å². The fourth-order valence-corrected chi connectivity index (χ4v) is 3.70. The number of aromatic amines is 1. The van der Waals surface area contributed by atoms with E-state index in [1.165, 1.54) is 12.1 Å². The second-order valence-corrected chi connectivity index (χ2v) is 7.25. The molecule has 150 valence electrons. The highest BCUT2D eigenvalue weighted by Gasteiger charge is 2.21. The maximum atomic E-state index is 13.9. The Hall–Kier alpha value is -3.35. The molecule has 3 heterocycles. The van der Waals surface area contributed by atoms with Crippen LogP contribution in [-0.2, 0) is 0 Å². The van der Waals surface area contributed by atoms with E-state index >= 15 is 0 Å². The maximum Gasteiger partial charge on any atom is 0.319 e. The molecule has 0 radical (unpaired) electrons. The van der Waals surface area contributed by atoms with E-state index in [0.29, 0.717) is 24.4 Å². The van der Waals surface area contributed by atoms with Crippen LogP contribution in [0.25, 0.3) is 27.7 Å². The highest BCUT2D eigenvalue weighted by atomic mass is 19.1. The number of methoxy groups -OCH3 is 1. The van der Waals surface area contributed by atoms with Crippen molar-refractivity contribution < 1.29 is 13.9 Å². The largest absolute Gasteiger partial charge is 0.496 e. The van der Waals surface area contributed by atoms with Crippen molar-refractivity contribution in [3.05, 3.63) is 54.1 Å². The second kappa shape index (κ2) is 7.58. The van der Waals surface area contributed by atoms with Crippen molar-refractivity contribution in [1.82, 2.24) is 19.8 Å². The molecule has 1 N–H and O–H groups in total. The zero-order chi connectivity index (χ0) is 20.5. The number of fused-ring (bicyclic) bond motifs is 1. The van der Waals surface area contributed by atoms with Crippen molar-refractivity contribution in [2.75, 3.05) is 34.3 Å². The summed E-state index contributed by atoms with van der Waals surface area (Å²) in [5, 5.41) is 0.902. The average Bonchev–Trinajstić information content (AvgIpc) is 3.17. The number of hydrogen-bond acceptors (Lipinski definition) is 3. The molecule has 2 amide bonds. The number of nitrogens with zero attached hydrogens (tertiary/aromatic N) is 3. The minimum absolute atomic E-state index is 0.0131. The molecule has 29 heavy (non-hydrogen) atoms. The Kier molecular flexibility index (Phi) is 4.96. The molecule has 1 aliphatic heterocycles. The van der Waals surface area contributed by atoms with Gasteiger partial charge >= 0.3 is 6.03 Å². The van der Waals surface area contributed by atoms with E-state index in [1.54, 1.807) is 38.4 Å². The van der Waals surface area contributed by atoms with E-state index < -0.39 is 0 Å². The van der Waals surface area contributed by atoms with Crippen LogP contribution in [0.4, 0.5) is 9.18 Å². The second-order valence-electron chi connectivity index (χ2n) is 7.25. The lowest BCUT2D eigenvalue weighted by molar-refractivity contribution is 0.176. The Bertz CT molecular complexity index is 1100. The van der Waals surface area contributed by atoms with Crippen molar-refractivity contribution in [2.24, 2.45) is 0 Å². The van der Waals surface area contributed by atoms with Gasteiger partial charge in [0.05, 0.1) is 7.11 Å². The molecule has 0 fully saturated rings. The summed E-state index contributed by atoms with van der Waals surface area (Å²) in [5.74, 6) is 0.290. The van der Waals surface area contributed by atoms with Gasteiger partial charge in [-0.25, -0.2) is 14.2 Å². The predicted octanol–water partition coefficient (Wildman–Crippen LogP) is 4.15. The normalized spacial score (nSPS) is 14.1. The van der Waals surface area contributed by atoms with Gasteiger partial charge in [-0.3, -0.25) is 0 Å². The van der Waals surface area contributed by atoms with Gasteiger partial charge in [0.2, 0.25) is 0 Å². The summed E-state index contributed by atoms with van der Waals surface area (Å²) in [7, 11) is 5.09. The number of carbonyl (C=O) groups excluding carboxylic acids is 1. The first kappa shape index (κ1) is 19.0. The van der Waals surface area contributed by atoms with Crippen LogP contribution in [0.15, 0.2) is 42.6 Å². The molecule has 0 saturated heterocycles. The van der Waals surface area contributed by atoms with Crippen LogP contribution < -0.4 is 4.74 Å². The highest BCUT2D eigenvalue weighted by molar-refractivity contribution is 5.96. The molecule has 0 atom stereocenters. The highest BCUT2D eigenvalue weighted by Crippen LogP contribution is 2.36. The third-order valence-corrected chi connectivity index (χ3v) is 5.19. The van der Waals surface area contributed by atoms with Gasteiger partial charge in [0.1, 0.15) is 17.2 Å². The molecule has 6 nitrogen and oxygen atoms in total. The Balaban J connectivity index is 1.71. The number of hydrogen-bond donors (Lipinski definition) is 1. The lowest BCUT2D eigenvalue weighted by Crippen LogP contribution is -2.41. The molecule has 7 heteroatoms. The van der Waals surface area contributed by atoms with Gasteiger partial charge in [0, 0.05) is 50.0 Å². The first-order valence-electron chi connectivity index (χ1n) is 9.45. The Morgan fingerprint density at radius 2 is 2.07 bits per heavy atom. The van der Waals surface area contributed by atoms with Crippen LogP contribution in [0.2, 0.25) is 0 Å². The first-order chi connectivity index (χ1) is 14.0. The van der Waals surface area contributed by atoms with Gasteiger partial charge in [-0.05, 0) is 47.9 Å². The van der Waals surface area contributed by atoms with Crippen molar-refractivity contribution in [3.63, 3.8) is 0 Å². The number of benzene rings is 1. The summed E-state index contributed by atoms with van der Waals surface area (Å²) < 4.78 is 19.3. The van der Waals surface area contributed by atoms with E-state index in [-0.39, 0.29) is 11.8 Å². The molecule has 0 aliphatic carbocycles. The van der Waals surface area contributed by atoms with E-state index in [2.05, 4.69) is 16.0 Å². The van der Waals surface area contributed by atoms with Crippen LogP contribution in [0.3, 0.4) is 0 Å². The van der Waals surface area contributed by atoms with Crippen LogP contribution in [0, 0.1) is 5.82 Å². The lowest BCUT2D eigenvalue weighted by atomic mass is 10.0. The molecule has 4 rings (SSSR count). The summed E-state index contributed by atoms with van der Waals surface area (Å²) in [5.41, 5.74) is 4.38. The molecule has 1 aromatic carbocycles. The Morgan fingerprint density at radius 1 is 1.24 bits per heavy atom. The molecule has 0 unspecified atom stereocenters. The summed E-state index contributed by atoms with van der Waals surface area (Å²) >= 11 is 0. The summed E-state index contributed by atoms with van der Waals surface area (Å²) in [6, 6.07) is 8.41. The minimum atomic E-state index is -0.317. The van der Waals surface area contributed by atoms with Crippen molar-refractivity contribution in [3.8, 4) is 16.9 Å². The van der Waals surface area contributed by atoms with Gasteiger partial charge in [-0.2, -0.15) is 0 Å². The molecule has 0 spiro atoms. The van der Waals surface area contributed by atoms with Crippen LogP contribution in [-0.4, -0.2) is 60.1 Å². The number of H-pyrrole nitrogens is 1. The molecule has 0 saturated carbocycles. The maximum absolute atomic E-state index is 13.9. The van der Waals surface area contributed by atoms with E-state index in [1.807, 2.05) is 17.0 Å². The van der Waals surface area contributed by atoms with Crippen molar-refractivity contribution in [1.29, 1.82) is 0 Å². The lowest BCUT2D eigenvalue weighted by Gasteiger charge is -2.28. The van der Waals surface area contributed by atoms with Gasteiger partial charge in [-0.1, -0.05) is 6.08 Å². The third kappa shape index (κ3) is 3.55. The van der Waals surface area contributed by atoms with Gasteiger partial charge in [0.15, 0.2) is 0 Å². The number of rotatable bonds is 3. The third-order valence-electron chi connectivity index (χ3n) is 5.19. The van der Waals surface area contributed by atoms with Crippen molar-refractivity contribution in [2.45, 2.75) is 6.42 Å². The molecular formula is C22H23FN4O2. The zero-order valence-electron chi connectivity index (χ0n) is 16.7. The Labute approximate surface area is 168 Å². The number of pyridine rings is 1. The van der Waals surface area contributed by atoms with Gasteiger partial charge < -0.3 is 19.5 Å². The number of amides is 2. The standard InChI is InChI=1S/C22H23FN4O2/c1-26(2)22(28)27-10-7-14(8-11-27)19-13-18-16(6-9-24-21(18)25-19)17-12-15(23)4-5-20(17)29-3/h4-7,9,12-13H,8,10-11H2,1-3H3,(H,24,25). The van der Waals surface area contributed by atoms with E-state index in [0.717, 1.165) is 34.3 Å². The molecule has 1 aliphatic rings. The average molecular weight is 394 g/mol. The number of urea groups is 1. The monoisotopic (exact) mass is 394 g/mol. The Morgan fingerprint density at radius 3 is 2.76 bits per heavy atom. The molecule has 2 aromatic heterocycles. The molecule has 3 aromatic rings. The first-order valence-corrected chi connectivity index (χ1v) is 9.45. The fraction of sp³-hybridized carbons (Fsp3) is 0.273. The number of aromatic nitrogens is 2.